The largest absolute Gasteiger partial charge is 0.397 e. The molecule has 0 radical (unpaired) electrons. The summed E-state index contributed by atoms with van der Waals surface area (Å²) in [4.78, 5) is 12.0. The molecule has 1 aromatic rings. The van der Waals surface area contributed by atoms with Crippen LogP contribution in [0, 0.1) is 13.8 Å². The second-order valence-corrected chi connectivity index (χ2v) is 7.16. The van der Waals surface area contributed by atoms with Crippen LogP contribution in [0.15, 0.2) is 17.0 Å². The molecule has 0 aromatic heterocycles. The number of aryl methyl sites for hydroxylation is 2. The molecule has 1 heterocycles. The molecule has 1 atom stereocenters. The Bertz CT molecular complexity index is 670. The van der Waals surface area contributed by atoms with E-state index < -0.39 is 16.1 Å². The van der Waals surface area contributed by atoms with Gasteiger partial charge in [0.15, 0.2) is 0 Å². The first-order valence-electron chi connectivity index (χ1n) is 6.89. The van der Waals surface area contributed by atoms with Crippen molar-refractivity contribution in [3.8, 4) is 0 Å². The standard InChI is InChI=1S/C14H21N3O3S/c1-9-6-7-10(2)13(12(9)15)21(19,20)17-8-4-5-11(17)14(18)16-3/h6-7,11H,4-5,8,15H2,1-3H3,(H,16,18). The highest BCUT2D eigenvalue weighted by Crippen LogP contribution is 2.32. The van der Waals surface area contributed by atoms with Crippen LogP contribution in [0.25, 0.3) is 0 Å². The molecule has 21 heavy (non-hydrogen) atoms. The van der Waals surface area contributed by atoms with Crippen LogP contribution in [0.4, 0.5) is 5.69 Å². The Hall–Kier alpha value is -1.60. The van der Waals surface area contributed by atoms with Crippen molar-refractivity contribution >= 4 is 21.6 Å². The van der Waals surface area contributed by atoms with Gasteiger partial charge in [0.25, 0.3) is 0 Å². The average molecular weight is 311 g/mol. The average Bonchev–Trinajstić information content (AvgIpc) is 2.92. The fourth-order valence-electron chi connectivity index (χ4n) is 2.72. The molecular formula is C14H21N3O3S. The Labute approximate surface area is 125 Å². The maximum Gasteiger partial charge on any atom is 0.246 e. The van der Waals surface area contributed by atoms with E-state index in [-0.39, 0.29) is 16.5 Å². The highest BCUT2D eigenvalue weighted by molar-refractivity contribution is 7.89. The Kier molecular flexibility index (Phi) is 4.25. The molecule has 0 bridgehead atoms. The number of anilines is 1. The molecule has 6 nitrogen and oxygen atoms in total. The number of carbonyl (C=O) groups is 1. The summed E-state index contributed by atoms with van der Waals surface area (Å²) in [5.74, 6) is -0.278. The van der Waals surface area contributed by atoms with E-state index in [2.05, 4.69) is 5.32 Å². The van der Waals surface area contributed by atoms with Gasteiger partial charge >= 0.3 is 0 Å². The maximum absolute atomic E-state index is 12.9. The lowest BCUT2D eigenvalue weighted by Crippen LogP contribution is -2.45. The maximum atomic E-state index is 12.9. The van der Waals surface area contributed by atoms with E-state index in [4.69, 9.17) is 5.73 Å². The minimum absolute atomic E-state index is 0.123. The summed E-state index contributed by atoms with van der Waals surface area (Å²) >= 11 is 0. The quantitative estimate of drug-likeness (QED) is 0.807. The van der Waals surface area contributed by atoms with E-state index in [0.29, 0.717) is 24.9 Å². The molecular weight excluding hydrogens is 290 g/mol. The second kappa shape index (κ2) is 5.65. The van der Waals surface area contributed by atoms with Gasteiger partial charge in [-0.1, -0.05) is 12.1 Å². The third kappa shape index (κ3) is 2.63. The number of benzene rings is 1. The number of hydrogen-bond acceptors (Lipinski definition) is 4. The van der Waals surface area contributed by atoms with Crippen molar-refractivity contribution in [3.63, 3.8) is 0 Å². The van der Waals surface area contributed by atoms with Gasteiger partial charge < -0.3 is 11.1 Å². The third-order valence-electron chi connectivity index (χ3n) is 3.93. The zero-order valence-corrected chi connectivity index (χ0v) is 13.3. The minimum Gasteiger partial charge on any atom is -0.397 e. The highest BCUT2D eigenvalue weighted by Gasteiger charge is 2.40. The van der Waals surface area contributed by atoms with Crippen molar-refractivity contribution in [2.45, 2.75) is 37.6 Å². The number of rotatable bonds is 3. The van der Waals surface area contributed by atoms with Crippen LogP contribution in [-0.4, -0.2) is 38.3 Å². The smallest absolute Gasteiger partial charge is 0.246 e. The number of nitrogens with two attached hydrogens (primary N) is 1. The van der Waals surface area contributed by atoms with Crippen LogP contribution in [0.1, 0.15) is 24.0 Å². The molecule has 1 aliphatic rings. The normalized spacial score (nSPS) is 19.7. The minimum atomic E-state index is -3.78. The van der Waals surface area contributed by atoms with E-state index >= 15 is 0 Å². The van der Waals surface area contributed by atoms with Gasteiger partial charge in [-0.3, -0.25) is 4.79 Å². The van der Waals surface area contributed by atoms with Crippen molar-refractivity contribution in [2.75, 3.05) is 19.3 Å². The molecule has 1 aromatic carbocycles. The zero-order valence-electron chi connectivity index (χ0n) is 12.5. The predicted octanol–water partition coefficient (Wildman–Crippen LogP) is 0.785. The van der Waals surface area contributed by atoms with E-state index in [0.717, 1.165) is 5.56 Å². The summed E-state index contributed by atoms with van der Waals surface area (Å²) in [6.07, 6.45) is 1.20. The molecule has 1 fully saturated rings. The van der Waals surface area contributed by atoms with E-state index in [1.807, 2.05) is 0 Å². The van der Waals surface area contributed by atoms with Crippen LogP contribution >= 0.6 is 0 Å². The van der Waals surface area contributed by atoms with Gasteiger partial charge in [-0.05, 0) is 37.8 Å². The topological polar surface area (TPSA) is 92.5 Å². The molecule has 1 saturated heterocycles. The van der Waals surface area contributed by atoms with Crippen molar-refractivity contribution in [3.05, 3.63) is 23.3 Å². The molecule has 0 aliphatic carbocycles. The Morgan fingerprint density at radius 3 is 2.57 bits per heavy atom. The molecule has 0 spiro atoms. The highest BCUT2D eigenvalue weighted by atomic mass is 32.2. The van der Waals surface area contributed by atoms with Gasteiger partial charge in [-0.15, -0.1) is 0 Å². The number of sulfonamides is 1. The molecule has 116 valence electrons. The number of amides is 1. The molecule has 0 saturated carbocycles. The van der Waals surface area contributed by atoms with E-state index in [1.54, 1.807) is 26.0 Å². The Morgan fingerprint density at radius 2 is 1.95 bits per heavy atom. The van der Waals surface area contributed by atoms with Crippen LogP contribution in [0.5, 0.6) is 0 Å². The molecule has 1 aliphatic heterocycles. The van der Waals surface area contributed by atoms with Crippen molar-refractivity contribution in [1.82, 2.24) is 9.62 Å². The van der Waals surface area contributed by atoms with Crippen LogP contribution in [-0.2, 0) is 14.8 Å². The predicted molar refractivity (Wildman–Crippen MR) is 81.3 cm³/mol. The number of hydrogen-bond donors (Lipinski definition) is 2. The molecule has 7 heteroatoms. The van der Waals surface area contributed by atoms with Gasteiger partial charge in [0.2, 0.25) is 15.9 Å². The number of likely N-dealkylation sites (N-methyl/N-ethyl adjacent to an activating group) is 1. The lowest BCUT2D eigenvalue weighted by atomic mass is 10.1. The van der Waals surface area contributed by atoms with Crippen LogP contribution in [0.3, 0.4) is 0 Å². The summed E-state index contributed by atoms with van der Waals surface area (Å²) in [6.45, 7) is 3.83. The monoisotopic (exact) mass is 311 g/mol. The van der Waals surface area contributed by atoms with Crippen molar-refractivity contribution in [1.29, 1.82) is 0 Å². The van der Waals surface area contributed by atoms with Gasteiger partial charge in [0.05, 0.1) is 5.69 Å². The lowest BCUT2D eigenvalue weighted by Gasteiger charge is -2.24. The first kappa shape index (κ1) is 15.8. The van der Waals surface area contributed by atoms with Gasteiger partial charge in [-0.2, -0.15) is 4.31 Å². The fraction of sp³-hybridized carbons (Fsp3) is 0.500. The van der Waals surface area contributed by atoms with Gasteiger partial charge in [-0.25, -0.2) is 8.42 Å². The number of nitrogen functional groups attached to an aromatic ring is 1. The van der Waals surface area contributed by atoms with Gasteiger partial charge in [0, 0.05) is 13.6 Å². The Balaban J connectivity index is 2.53. The molecule has 1 amide bonds. The molecule has 3 N–H and O–H groups in total. The summed E-state index contributed by atoms with van der Waals surface area (Å²) in [5, 5.41) is 2.52. The van der Waals surface area contributed by atoms with E-state index in [1.165, 1.54) is 11.4 Å². The third-order valence-corrected chi connectivity index (χ3v) is 6.04. The first-order valence-corrected chi connectivity index (χ1v) is 8.33. The molecule has 2 rings (SSSR count). The number of nitrogens with one attached hydrogen (secondary N) is 1. The summed E-state index contributed by atoms with van der Waals surface area (Å²) < 4.78 is 27.1. The Morgan fingerprint density at radius 1 is 1.33 bits per heavy atom. The van der Waals surface area contributed by atoms with Crippen LogP contribution in [0.2, 0.25) is 0 Å². The fourth-order valence-corrected chi connectivity index (χ4v) is 4.78. The summed E-state index contributed by atoms with van der Waals surface area (Å²) in [7, 11) is -2.27. The zero-order chi connectivity index (χ0) is 15.8. The first-order chi connectivity index (χ1) is 9.80. The summed E-state index contributed by atoms with van der Waals surface area (Å²) in [6, 6.07) is 2.88. The summed E-state index contributed by atoms with van der Waals surface area (Å²) in [5.41, 5.74) is 7.56. The molecule has 1 unspecified atom stereocenters. The van der Waals surface area contributed by atoms with E-state index in [9.17, 15) is 13.2 Å². The number of nitrogens with zero attached hydrogens (tertiary/aromatic N) is 1. The SMILES string of the molecule is CNC(=O)C1CCCN1S(=O)(=O)c1c(C)ccc(C)c1N. The van der Waals surface area contributed by atoms with Gasteiger partial charge in [0.1, 0.15) is 10.9 Å². The second-order valence-electron chi connectivity index (χ2n) is 5.33. The van der Waals surface area contributed by atoms with Crippen molar-refractivity contribution in [2.24, 2.45) is 0 Å². The lowest BCUT2D eigenvalue weighted by molar-refractivity contribution is -0.123. The van der Waals surface area contributed by atoms with Crippen LogP contribution < -0.4 is 11.1 Å². The number of carbonyl (C=O) groups excluding carboxylic acids is 1. The van der Waals surface area contributed by atoms with Crippen molar-refractivity contribution < 1.29 is 13.2 Å².